The van der Waals surface area contributed by atoms with Crippen LogP contribution in [0.2, 0.25) is 0 Å². The number of aryl methyl sites for hydroxylation is 1. The fourth-order valence-corrected chi connectivity index (χ4v) is 2.53. The van der Waals surface area contributed by atoms with E-state index in [1.165, 1.54) is 6.08 Å². The number of allylic oxidation sites excluding steroid dienone is 3. The van der Waals surface area contributed by atoms with Crippen molar-refractivity contribution in [2.45, 2.75) is 38.9 Å². The fourth-order valence-electron chi connectivity index (χ4n) is 2.53. The van der Waals surface area contributed by atoms with Gasteiger partial charge < -0.3 is 14.8 Å². The van der Waals surface area contributed by atoms with Crippen LogP contribution in [0.1, 0.15) is 25.3 Å². The first kappa shape index (κ1) is 19.9. The minimum absolute atomic E-state index is 0.0990. The van der Waals surface area contributed by atoms with Gasteiger partial charge in [0.25, 0.3) is 5.91 Å². The van der Waals surface area contributed by atoms with Crippen LogP contribution in [-0.2, 0) is 9.53 Å². The van der Waals surface area contributed by atoms with Gasteiger partial charge in [0.15, 0.2) is 13.2 Å². The van der Waals surface area contributed by atoms with Crippen molar-refractivity contribution in [2.75, 3.05) is 13.2 Å². The fraction of sp³-hybridized carbons (Fsp3) is 0.421. The van der Waals surface area contributed by atoms with Gasteiger partial charge in [-0.1, -0.05) is 24.3 Å². The molecular weight excluding hydrogens is 347 g/mol. The molecule has 0 fully saturated rings. The number of carbonyl (C=O) groups excluding carboxylic acids is 1. The van der Waals surface area contributed by atoms with Crippen molar-refractivity contribution in [2.24, 2.45) is 0 Å². The largest absolute Gasteiger partial charge is 0.488 e. The van der Waals surface area contributed by atoms with Crippen molar-refractivity contribution in [1.29, 1.82) is 0 Å². The molecule has 1 aromatic carbocycles. The standard InChI is InChI=1S/C19H22F3NO3/c1-13-5-3-4-6-17(13)25-11-18(24)23-14(2)15-7-9-16(10-8-15)26-12-19(20,21)22/h3-7,9,14H,8,10-12H2,1-2H3,(H,23,24). The molecule has 1 aliphatic rings. The summed E-state index contributed by atoms with van der Waals surface area (Å²) >= 11 is 0. The molecule has 1 amide bonds. The number of para-hydroxylation sites is 1. The van der Waals surface area contributed by atoms with Gasteiger partial charge in [-0.2, -0.15) is 13.2 Å². The van der Waals surface area contributed by atoms with Crippen molar-refractivity contribution in [3.63, 3.8) is 0 Å². The second kappa shape index (κ2) is 8.78. The van der Waals surface area contributed by atoms with Crippen LogP contribution in [0, 0.1) is 6.92 Å². The van der Waals surface area contributed by atoms with Crippen LogP contribution in [0.25, 0.3) is 0 Å². The number of amides is 1. The van der Waals surface area contributed by atoms with E-state index in [1.807, 2.05) is 32.0 Å². The lowest BCUT2D eigenvalue weighted by atomic mass is 9.98. The van der Waals surface area contributed by atoms with Gasteiger partial charge in [0.05, 0.1) is 5.76 Å². The van der Waals surface area contributed by atoms with Crippen LogP contribution in [0.15, 0.2) is 47.7 Å². The average molecular weight is 369 g/mol. The molecule has 1 aromatic rings. The van der Waals surface area contributed by atoms with Gasteiger partial charge in [0.2, 0.25) is 0 Å². The Balaban J connectivity index is 1.81. The van der Waals surface area contributed by atoms with Gasteiger partial charge in [-0.25, -0.2) is 0 Å². The van der Waals surface area contributed by atoms with Gasteiger partial charge in [0.1, 0.15) is 5.75 Å². The third kappa shape index (κ3) is 6.46. The van der Waals surface area contributed by atoms with E-state index in [0.717, 1.165) is 11.1 Å². The minimum Gasteiger partial charge on any atom is -0.488 e. The number of hydrogen-bond acceptors (Lipinski definition) is 3. The molecule has 1 unspecified atom stereocenters. The molecule has 7 heteroatoms. The molecule has 1 N–H and O–H groups in total. The van der Waals surface area contributed by atoms with Crippen LogP contribution < -0.4 is 10.1 Å². The summed E-state index contributed by atoms with van der Waals surface area (Å²) in [4.78, 5) is 12.0. The summed E-state index contributed by atoms with van der Waals surface area (Å²) in [6.07, 6.45) is -0.214. The molecule has 1 atom stereocenters. The van der Waals surface area contributed by atoms with Crippen molar-refractivity contribution in [3.8, 4) is 5.75 Å². The summed E-state index contributed by atoms with van der Waals surface area (Å²) < 4.78 is 46.7. The maximum absolute atomic E-state index is 12.2. The van der Waals surface area contributed by atoms with E-state index in [9.17, 15) is 18.0 Å². The van der Waals surface area contributed by atoms with Crippen molar-refractivity contribution in [3.05, 3.63) is 53.3 Å². The first-order valence-corrected chi connectivity index (χ1v) is 8.31. The lowest BCUT2D eigenvalue weighted by molar-refractivity contribution is -0.165. The quantitative estimate of drug-likeness (QED) is 0.788. The van der Waals surface area contributed by atoms with Crippen LogP contribution in [0.5, 0.6) is 5.75 Å². The van der Waals surface area contributed by atoms with Crippen LogP contribution in [0.3, 0.4) is 0 Å². The highest BCUT2D eigenvalue weighted by Crippen LogP contribution is 2.24. The van der Waals surface area contributed by atoms with E-state index < -0.39 is 12.8 Å². The molecule has 0 saturated carbocycles. The maximum Gasteiger partial charge on any atom is 0.422 e. The first-order valence-electron chi connectivity index (χ1n) is 8.31. The second-order valence-electron chi connectivity index (χ2n) is 6.12. The number of alkyl halides is 3. The zero-order valence-corrected chi connectivity index (χ0v) is 14.7. The van der Waals surface area contributed by atoms with Crippen LogP contribution in [-0.4, -0.2) is 31.3 Å². The molecule has 0 aromatic heterocycles. The first-order chi connectivity index (χ1) is 12.2. The molecule has 142 valence electrons. The van der Waals surface area contributed by atoms with Gasteiger partial charge in [-0.05, 0) is 43.5 Å². The van der Waals surface area contributed by atoms with E-state index in [1.54, 1.807) is 12.1 Å². The topological polar surface area (TPSA) is 47.6 Å². The Morgan fingerprint density at radius 2 is 1.92 bits per heavy atom. The van der Waals surface area contributed by atoms with E-state index in [0.29, 0.717) is 24.4 Å². The molecule has 0 spiro atoms. The summed E-state index contributed by atoms with van der Waals surface area (Å²) in [6.45, 7) is 2.34. The summed E-state index contributed by atoms with van der Waals surface area (Å²) in [6, 6.07) is 7.18. The van der Waals surface area contributed by atoms with Crippen molar-refractivity contribution < 1.29 is 27.4 Å². The van der Waals surface area contributed by atoms with Crippen LogP contribution >= 0.6 is 0 Å². The Morgan fingerprint density at radius 3 is 2.54 bits per heavy atom. The van der Waals surface area contributed by atoms with Gasteiger partial charge in [-0.15, -0.1) is 0 Å². The highest BCUT2D eigenvalue weighted by molar-refractivity contribution is 5.78. The maximum atomic E-state index is 12.2. The molecule has 2 rings (SSSR count). The summed E-state index contributed by atoms with van der Waals surface area (Å²) in [5.74, 6) is 0.693. The molecule has 0 saturated heterocycles. The Hall–Kier alpha value is -2.44. The van der Waals surface area contributed by atoms with E-state index in [4.69, 9.17) is 9.47 Å². The zero-order chi connectivity index (χ0) is 19.2. The van der Waals surface area contributed by atoms with Gasteiger partial charge in [-0.3, -0.25) is 4.79 Å². The van der Waals surface area contributed by atoms with Gasteiger partial charge >= 0.3 is 6.18 Å². The number of hydrogen-bond donors (Lipinski definition) is 1. The van der Waals surface area contributed by atoms with Crippen LogP contribution in [0.4, 0.5) is 13.2 Å². The summed E-state index contributed by atoms with van der Waals surface area (Å²) in [5.41, 5.74) is 1.87. The Bertz CT molecular complexity index is 696. The molecule has 0 bridgehead atoms. The van der Waals surface area contributed by atoms with Crippen molar-refractivity contribution in [1.82, 2.24) is 5.32 Å². The van der Waals surface area contributed by atoms with Crippen molar-refractivity contribution >= 4 is 5.91 Å². The zero-order valence-electron chi connectivity index (χ0n) is 14.7. The Kier molecular flexibility index (Phi) is 6.71. The molecular formula is C19H22F3NO3. The van der Waals surface area contributed by atoms with E-state index in [2.05, 4.69) is 5.32 Å². The highest BCUT2D eigenvalue weighted by Gasteiger charge is 2.29. The predicted molar refractivity (Wildman–Crippen MR) is 91.7 cm³/mol. The lowest BCUT2D eigenvalue weighted by Crippen LogP contribution is -2.37. The summed E-state index contributed by atoms with van der Waals surface area (Å²) in [7, 11) is 0. The Labute approximate surface area is 150 Å². The SMILES string of the molecule is Cc1ccccc1OCC(=O)NC(C)C1=CC=C(OCC(F)(F)F)CC1. The number of ether oxygens (including phenoxy) is 2. The molecule has 4 nitrogen and oxygen atoms in total. The van der Waals surface area contributed by atoms with E-state index >= 15 is 0 Å². The molecule has 1 aliphatic carbocycles. The summed E-state index contributed by atoms with van der Waals surface area (Å²) in [5, 5.41) is 2.83. The van der Waals surface area contributed by atoms with E-state index in [-0.39, 0.29) is 18.6 Å². The molecule has 26 heavy (non-hydrogen) atoms. The smallest absolute Gasteiger partial charge is 0.422 e. The normalized spacial score (nSPS) is 15.6. The molecule has 0 radical (unpaired) electrons. The number of rotatable bonds is 7. The lowest BCUT2D eigenvalue weighted by Gasteiger charge is -2.22. The highest BCUT2D eigenvalue weighted by atomic mass is 19.4. The molecule has 0 aliphatic heterocycles. The predicted octanol–water partition coefficient (Wildman–Crippen LogP) is 4.06. The molecule has 0 heterocycles. The second-order valence-corrected chi connectivity index (χ2v) is 6.12. The third-order valence-electron chi connectivity index (χ3n) is 3.95. The number of benzene rings is 1. The third-order valence-corrected chi connectivity index (χ3v) is 3.95. The van der Waals surface area contributed by atoms with Gasteiger partial charge in [0, 0.05) is 12.5 Å². The monoisotopic (exact) mass is 369 g/mol. The minimum atomic E-state index is -4.34. The Morgan fingerprint density at radius 1 is 1.19 bits per heavy atom. The number of halogens is 3. The average Bonchev–Trinajstić information content (AvgIpc) is 2.59. The number of nitrogens with one attached hydrogen (secondary N) is 1. The number of carbonyl (C=O) groups is 1.